The number of fused-ring (bicyclic) bond motifs is 1. The molecule has 1 heterocycles. The van der Waals surface area contributed by atoms with Gasteiger partial charge in [-0.2, -0.15) is 0 Å². The van der Waals surface area contributed by atoms with Gasteiger partial charge in [0.15, 0.2) is 0 Å². The second-order valence-corrected chi connectivity index (χ2v) is 7.66. The average Bonchev–Trinajstić information content (AvgIpc) is 2.98. The van der Waals surface area contributed by atoms with Gasteiger partial charge in [-0.25, -0.2) is 4.79 Å². The number of rotatable bonds is 4. The maximum Gasteiger partial charge on any atom is 0.338 e. The lowest BCUT2D eigenvalue weighted by Crippen LogP contribution is -2.16. The number of aryl methyl sites for hydroxylation is 1. The second-order valence-electron chi connectivity index (χ2n) is 7.66. The molecule has 4 heteroatoms. The number of hydrogen-bond acceptors (Lipinski definition) is 3. The molecule has 1 aliphatic carbocycles. The minimum atomic E-state index is -0.949. The smallest absolute Gasteiger partial charge is 0.338 e. The van der Waals surface area contributed by atoms with E-state index in [2.05, 4.69) is 24.1 Å². The van der Waals surface area contributed by atoms with Gasteiger partial charge in [0.2, 0.25) is 0 Å². The Hall–Kier alpha value is -3.14. The second kappa shape index (κ2) is 7.12. The zero-order valence-corrected chi connectivity index (χ0v) is 16.4. The highest BCUT2D eigenvalue weighted by atomic mass is 16.4. The Morgan fingerprint density at radius 3 is 2.36 bits per heavy atom. The maximum absolute atomic E-state index is 12.0. The van der Waals surface area contributed by atoms with Gasteiger partial charge >= 0.3 is 5.97 Å². The minimum absolute atomic E-state index is 0.269. The average molecular weight is 372 g/mol. The molecule has 0 amide bonds. The Morgan fingerprint density at radius 1 is 1.04 bits per heavy atom. The summed E-state index contributed by atoms with van der Waals surface area (Å²) >= 11 is 0. The molecule has 4 nitrogen and oxygen atoms in total. The first kappa shape index (κ1) is 18.2. The molecule has 142 valence electrons. The molecule has 1 aliphatic rings. The summed E-state index contributed by atoms with van der Waals surface area (Å²) in [4.78, 5) is 16.6. The van der Waals surface area contributed by atoms with E-state index in [0.29, 0.717) is 11.7 Å². The highest BCUT2D eigenvalue weighted by Gasteiger charge is 2.22. The summed E-state index contributed by atoms with van der Waals surface area (Å²) < 4.78 is 0. The van der Waals surface area contributed by atoms with E-state index in [9.17, 15) is 9.90 Å². The van der Waals surface area contributed by atoms with Gasteiger partial charge in [0.1, 0.15) is 0 Å². The molecular weight excluding hydrogens is 348 g/mol. The number of nitrogens with zero attached hydrogens (tertiary/aromatic N) is 1. The van der Waals surface area contributed by atoms with E-state index in [1.165, 1.54) is 11.1 Å². The van der Waals surface area contributed by atoms with Crippen molar-refractivity contribution in [3.8, 4) is 11.1 Å². The normalized spacial score (nSPS) is 14.7. The van der Waals surface area contributed by atoms with Crippen LogP contribution in [-0.2, 0) is 0 Å². The summed E-state index contributed by atoms with van der Waals surface area (Å²) in [5.41, 5.74) is 7.14. The third kappa shape index (κ3) is 3.26. The molecular formula is C24H24N2O2. The van der Waals surface area contributed by atoms with Crippen molar-refractivity contribution >= 4 is 22.6 Å². The molecule has 2 N–H and O–H groups in total. The molecule has 0 saturated carbocycles. The van der Waals surface area contributed by atoms with E-state index < -0.39 is 5.97 Å². The van der Waals surface area contributed by atoms with Crippen LogP contribution in [0.15, 0.2) is 59.7 Å². The summed E-state index contributed by atoms with van der Waals surface area (Å²) in [7, 11) is 0. The number of benzene rings is 2. The standard InChI is InChI=1S/C24H24N2O2/c1-14-11-19(12-15(14)2)26-18-9-10-21-20(13-18)23(17-7-5-4-6-8-17)22(24(27)28)16(3)25-21/h4-10,13,19,26H,11-12H2,1-3H3,(H,27,28). The molecule has 1 aromatic heterocycles. The maximum atomic E-state index is 12.0. The van der Waals surface area contributed by atoms with Crippen LogP contribution in [0.5, 0.6) is 0 Å². The molecule has 4 rings (SSSR count). The van der Waals surface area contributed by atoms with Crippen LogP contribution in [0.25, 0.3) is 22.0 Å². The van der Waals surface area contributed by atoms with Crippen molar-refractivity contribution in [3.05, 3.63) is 70.9 Å². The van der Waals surface area contributed by atoms with Gasteiger partial charge in [0.25, 0.3) is 0 Å². The van der Waals surface area contributed by atoms with Crippen molar-refractivity contribution in [1.29, 1.82) is 0 Å². The summed E-state index contributed by atoms with van der Waals surface area (Å²) in [6.07, 6.45) is 2.09. The lowest BCUT2D eigenvalue weighted by Gasteiger charge is -2.17. The van der Waals surface area contributed by atoms with Crippen molar-refractivity contribution < 1.29 is 9.90 Å². The Bertz CT molecular complexity index is 1090. The van der Waals surface area contributed by atoms with Crippen LogP contribution in [0.1, 0.15) is 42.7 Å². The van der Waals surface area contributed by atoms with E-state index in [1.807, 2.05) is 48.5 Å². The SMILES string of the molecule is CC1=C(C)CC(Nc2ccc3nc(C)c(C(=O)O)c(-c4ccccc4)c3c2)C1. The summed E-state index contributed by atoms with van der Waals surface area (Å²) in [6, 6.07) is 16.1. The summed E-state index contributed by atoms with van der Waals surface area (Å²) in [5, 5.41) is 14.3. The van der Waals surface area contributed by atoms with Crippen molar-refractivity contribution in [2.24, 2.45) is 0 Å². The lowest BCUT2D eigenvalue weighted by molar-refractivity contribution is 0.0696. The van der Waals surface area contributed by atoms with Crippen molar-refractivity contribution in [2.75, 3.05) is 5.32 Å². The Balaban J connectivity index is 1.85. The van der Waals surface area contributed by atoms with Crippen molar-refractivity contribution in [2.45, 2.75) is 39.7 Å². The number of pyridine rings is 1. The number of carboxylic acid groups (broad SMARTS) is 1. The van der Waals surface area contributed by atoms with Crippen LogP contribution in [0, 0.1) is 6.92 Å². The van der Waals surface area contributed by atoms with Crippen LogP contribution in [0.4, 0.5) is 5.69 Å². The largest absolute Gasteiger partial charge is 0.478 e. The zero-order valence-electron chi connectivity index (χ0n) is 16.4. The molecule has 0 fully saturated rings. The predicted molar refractivity (Wildman–Crippen MR) is 114 cm³/mol. The number of anilines is 1. The molecule has 0 radical (unpaired) electrons. The first-order valence-electron chi connectivity index (χ1n) is 9.59. The van der Waals surface area contributed by atoms with Crippen LogP contribution in [-0.4, -0.2) is 22.1 Å². The van der Waals surface area contributed by atoms with Gasteiger partial charge in [-0.1, -0.05) is 41.5 Å². The number of aromatic carboxylic acids is 1. The number of hydrogen-bond donors (Lipinski definition) is 2. The summed E-state index contributed by atoms with van der Waals surface area (Å²) in [6.45, 7) is 6.14. The molecule has 3 aromatic rings. The minimum Gasteiger partial charge on any atom is -0.478 e. The first-order chi connectivity index (χ1) is 13.4. The fourth-order valence-electron chi connectivity index (χ4n) is 4.14. The number of carboxylic acids is 1. The molecule has 0 saturated heterocycles. The molecule has 0 aliphatic heterocycles. The number of carbonyl (C=O) groups is 1. The van der Waals surface area contributed by atoms with Crippen molar-refractivity contribution in [1.82, 2.24) is 4.98 Å². The molecule has 2 aromatic carbocycles. The lowest BCUT2D eigenvalue weighted by atomic mass is 9.94. The zero-order chi connectivity index (χ0) is 19.8. The molecule has 0 unspecified atom stereocenters. The first-order valence-corrected chi connectivity index (χ1v) is 9.59. The fraction of sp³-hybridized carbons (Fsp3) is 0.250. The van der Waals surface area contributed by atoms with Gasteiger partial charge in [0.05, 0.1) is 16.8 Å². The van der Waals surface area contributed by atoms with E-state index >= 15 is 0 Å². The Labute approximate surface area is 164 Å². The van der Waals surface area contributed by atoms with E-state index in [1.54, 1.807) is 6.92 Å². The topological polar surface area (TPSA) is 62.2 Å². The molecule has 0 spiro atoms. The highest BCUT2D eigenvalue weighted by molar-refractivity contribution is 6.07. The quantitative estimate of drug-likeness (QED) is 0.567. The van der Waals surface area contributed by atoms with Crippen LogP contribution >= 0.6 is 0 Å². The highest BCUT2D eigenvalue weighted by Crippen LogP contribution is 2.35. The Kier molecular flexibility index (Phi) is 4.63. The number of nitrogens with one attached hydrogen (secondary N) is 1. The van der Waals surface area contributed by atoms with Gasteiger partial charge in [-0.3, -0.25) is 4.98 Å². The fourth-order valence-corrected chi connectivity index (χ4v) is 4.14. The van der Waals surface area contributed by atoms with Gasteiger partial charge in [0, 0.05) is 22.7 Å². The van der Waals surface area contributed by atoms with Crippen molar-refractivity contribution in [3.63, 3.8) is 0 Å². The predicted octanol–water partition coefficient (Wildman–Crippen LogP) is 5.82. The van der Waals surface area contributed by atoms with Gasteiger partial charge in [-0.15, -0.1) is 0 Å². The van der Waals surface area contributed by atoms with E-state index in [0.717, 1.165) is 40.6 Å². The van der Waals surface area contributed by atoms with Crippen LogP contribution < -0.4 is 5.32 Å². The third-order valence-corrected chi connectivity index (χ3v) is 5.65. The van der Waals surface area contributed by atoms with E-state index in [4.69, 9.17) is 0 Å². The molecule has 0 atom stereocenters. The third-order valence-electron chi connectivity index (χ3n) is 5.65. The van der Waals surface area contributed by atoms with Gasteiger partial charge < -0.3 is 10.4 Å². The molecule has 28 heavy (non-hydrogen) atoms. The monoisotopic (exact) mass is 372 g/mol. The summed E-state index contributed by atoms with van der Waals surface area (Å²) in [5.74, 6) is -0.949. The van der Waals surface area contributed by atoms with Crippen LogP contribution in [0.2, 0.25) is 0 Å². The van der Waals surface area contributed by atoms with Crippen LogP contribution in [0.3, 0.4) is 0 Å². The molecule has 0 bridgehead atoms. The van der Waals surface area contributed by atoms with Gasteiger partial charge in [-0.05, 0) is 57.4 Å². The van der Waals surface area contributed by atoms with E-state index in [-0.39, 0.29) is 5.56 Å². The Morgan fingerprint density at radius 2 is 1.71 bits per heavy atom. The number of aromatic nitrogens is 1.